The molecular weight excluding hydrogens is 574 g/mol. The molecule has 2 fully saturated rings. The van der Waals surface area contributed by atoms with Crippen LogP contribution in [0.15, 0.2) is 54.9 Å². The molecule has 3 aromatic rings. The van der Waals surface area contributed by atoms with Gasteiger partial charge < -0.3 is 33.9 Å². The van der Waals surface area contributed by atoms with Gasteiger partial charge in [-0.15, -0.1) is 0 Å². The highest BCUT2D eigenvalue weighted by Gasteiger charge is 2.39. The second-order valence-corrected chi connectivity index (χ2v) is 12.0. The van der Waals surface area contributed by atoms with Gasteiger partial charge in [0, 0.05) is 57.3 Å². The van der Waals surface area contributed by atoms with Crippen molar-refractivity contribution in [2.24, 2.45) is 0 Å². The van der Waals surface area contributed by atoms with Gasteiger partial charge in [-0.25, -0.2) is 4.98 Å². The first-order chi connectivity index (χ1) is 21.9. The quantitative estimate of drug-likeness (QED) is 0.452. The minimum atomic E-state index is -0.415. The van der Waals surface area contributed by atoms with Crippen LogP contribution in [0.2, 0.25) is 0 Å². The summed E-state index contributed by atoms with van der Waals surface area (Å²) < 4.78 is 20.2. The molecule has 45 heavy (non-hydrogen) atoms. The number of fused-ring (bicyclic) bond motifs is 9. The molecule has 0 unspecified atom stereocenters. The predicted molar refractivity (Wildman–Crippen MR) is 166 cm³/mol. The lowest BCUT2D eigenvalue weighted by Crippen LogP contribution is -2.49. The molecule has 238 valence electrons. The summed E-state index contributed by atoms with van der Waals surface area (Å²) in [5.74, 6) is 2.43. The van der Waals surface area contributed by atoms with E-state index < -0.39 is 12.1 Å². The Balaban J connectivity index is 1.22. The molecule has 4 bridgehead atoms. The van der Waals surface area contributed by atoms with Crippen molar-refractivity contribution in [2.45, 2.75) is 76.8 Å². The molecule has 0 spiro atoms. The Bertz CT molecular complexity index is 1530. The Labute approximate surface area is 263 Å². The summed E-state index contributed by atoms with van der Waals surface area (Å²) >= 11 is 0. The first kappa shape index (κ1) is 30.6. The van der Waals surface area contributed by atoms with Gasteiger partial charge in [-0.2, -0.15) is 0 Å². The van der Waals surface area contributed by atoms with Gasteiger partial charge in [0.15, 0.2) is 11.5 Å². The van der Waals surface area contributed by atoms with Crippen molar-refractivity contribution >= 4 is 17.7 Å². The van der Waals surface area contributed by atoms with Crippen LogP contribution in [-0.2, 0) is 45.1 Å². The van der Waals surface area contributed by atoms with Crippen LogP contribution in [0.1, 0.15) is 49.6 Å². The largest absolute Gasteiger partial charge is 0.493 e. The lowest BCUT2D eigenvalue weighted by molar-refractivity contribution is -0.137. The number of amides is 3. The van der Waals surface area contributed by atoms with Gasteiger partial charge in [-0.1, -0.05) is 25.1 Å². The van der Waals surface area contributed by atoms with E-state index in [1.165, 1.54) is 0 Å². The number of ether oxygens (including phenoxy) is 3. The minimum Gasteiger partial charge on any atom is -0.493 e. The molecule has 1 aliphatic carbocycles. The molecular formula is C34H41N5O6. The van der Waals surface area contributed by atoms with Crippen molar-refractivity contribution in [3.8, 4) is 17.2 Å². The number of nitrogens with one attached hydrogen (secondary N) is 1. The van der Waals surface area contributed by atoms with Crippen LogP contribution in [0.3, 0.4) is 0 Å². The van der Waals surface area contributed by atoms with E-state index in [0.29, 0.717) is 49.7 Å². The summed E-state index contributed by atoms with van der Waals surface area (Å²) in [4.78, 5) is 47.9. The molecule has 1 saturated carbocycles. The molecule has 11 nitrogen and oxygen atoms in total. The molecule has 0 radical (unpaired) electrons. The van der Waals surface area contributed by atoms with Crippen LogP contribution in [0, 0.1) is 0 Å². The number of benzene rings is 2. The minimum absolute atomic E-state index is 0.00428. The van der Waals surface area contributed by atoms with E-state index in [2.05, 4.69) is 10.3 Å². The zero-order chi connectivity index (χ0) is 31.3. The van der Waals surface area contributed by atoms with Crippen molar-refractivity contribution < 1.29 is 28.6 Å². The van der Waals surface area contributed by atoms with Crippen LogP contribution < -0.4 is 14.8 Å². The normalized spacial score (nSPS) is 20.9. The average molecular weight is 616 g/mol. The third-order valence-electron chi connectivity index (χ3n) is 8.72. The summed E-state index contributed by atoms with van der Waals surface area (Å²) in [7, 11) is 1.59. The number of aryl methyl sites for hydroxylation is 3. The van der Waals surface area contributed by atoms with Crippen LogP contribution in [0.25, 0.3) is 0 Å². The summed E-state index contributed by atoms with van der Waals surface area (Å²) in [6.45, 7) is 3.54. The van der Waals surface area contributed by atoms with E-state index in [1.54, 1.807) is 23.1 Å². The number of nitrogens with zero attached hydrogens (tertiary/aromatic N) is 4. The van der Waals surface area contributed by atoms with Gasteiger partial charge in [0.05, 0.1) is 32.4 Å². The highest BCUT2D eigenvalue weighted by atomic mass is 16.5. The molecule has 4 heterocycles. The van der Waals surface area contributed by atoms with E-state index >= 15 is 0 Å². The molecule has 11 heteroatoms. The lowest BCUT2D eigenvalue weighted by atomic mass is 10.1. The van der Waals surface area contributed by atoms with Crippen molar-refractivity contribution in [1.82, 2.24) is 24.7 Å². The van der Waals surface area contributed by atoms with Crippen molar-refractivity contribution in [3.05, 3.63) is 71.8 Å². The maximum atomic E-state index is 13.4. The summed E-state index contributed by atoms with van der Waals surface area (Å²) in [5, 5.41) is 3.11. The molecule has 2 atom stereocenters. The first-order valence-electron chi connectivity index (χ1n) is 15.8. The molecule has 3 aliphatic heterocycles. The van der Waals surface area contributed by atoms with Gasteiger partial charge in [0.2, 0.25) is 17.7 Å². The van der Waals surface area contributed by atoms with Gasteiger partial charge in [0.25, 0.3) is 0 Å². The fourth-order valence-corrected chi connectivity index (χ4v) is 6.11. The predicted octanol–water partition coefficient (Wildman–Crippen LogP) is 3.49. The van der Waals surface area contributed by atoms with Crippen LogP contribution in [0.4, 0.5) is 0 Å². The number of hydrogen-bond acceptors (Lipinski definition) is 7. The Morgan fingerprint density at radius 1 is 1.09 bits per heavy atom. The molecule has 1 N–H and O–H groups in total. The number of rotatable bonds is 6. The molecule has 1 saturated heterocycles. The van der Waals surface area contributed by atoms with E-state index in [4.69, 9.17) is 14.2 Å². The Kier molecular flexibility index (Phi) is 9.34. The highest BCUT2D eigenvalue weighted by molar-refractivity contribution is 5.86. The van der Waals surface area contributed by atoms with Gasteiger partial charge in [-0.05, 0) is 54.7 Å². The van der Waals surface area contributed by atoms with E-state index in [9.17, 15) is 14.4 Å². The molecule has 4 aliphatic rings. The Morgan fingerprint density at radius 3 is 2.76 bits per heavy atom. The number of aromatic nitrogens is 2. The summed E-state index contributed by atoms with van der Waals surface area (Å²) in [6, 6.07) is 13.0. The maximum Gasteiger partial charge on any atom is 0.240 e. The van der Waals surface area contributed by atoms with Gasteiger partial charge in [-0.3, -0.25) is 14.4 Å². The average Bonchev–Trinajstić information content (AvgIpc) is 3.65. The van der Waals surface area contributed by atoms with Gasteiger partial charge >= 0.3 is 0 Å². The Morgan fingerprint density at radius 2 is 1.96 bits per heavy atom. The van der Waals surface area contributed by atoms with Crippen molar-refractivity contribution in [2.75, 3.05) is 26.7 Å². The maximum absolute atomic E-state index is 13.4. The van der Waals surface area contributed by atoms with E-state index in [1.807, 2.05) is 60.2 Å². The van der Waals surface area contributed by atoms with Crippen molar-refractivity contribution in [1.29, 1.82) is 0 Å². The monoisotopic (exact) mass is 615 g/mol. The molecule has 7 rings (SSSR count). The van der Waals surface area contributed by atoms with Crippen LogP contribution in [-0.4, -0.2) is 82.0 Å². The fourth-order valence-electron chi connectivity index (χ4n) is 6.11. The van der Waals surface area contributed by atoms with E-state index in [0.717, 1.165) is 36.2 Å². The molecule has 1 aromatic heterocycles. The molecule has 3 amide bonds. The number of likely N-dealkylation sites (tertiary alicyclic amines) is 1. The zero-order valence-corrected chi connectivity index (χ0v) is 25.9. The summed E-state index contributed by atoms with van der Waals surface area (Å²) in [6.07, 6.45) is 6.93. The SMILES string of the molecule is CCc1nccn1CCC(=O)N1C[C@@H]2NC(=O)CN(C3CC3)C(=O)CCc3ccc(c(OC)c3)Oc3cccc(c3)CO[C@H]2C1. The fraction of sp³-hybridized carbons (Fsp3) is 0.471. The number of imidazole rings is 1. The van der Waals surface area contributed by atoms with Crippen molar-refractivity contribution in [3.63, 3.8) is 0 Å². The smallest absolute Gasteiger partial charge is 0.240 e. The lowest BCUT2D eigenvalue weighted by Gasteiger charge is -2.25. The zero-order valence-electron chi connectivity index (χ0n) is 25.9. The summed E-state index contributed by atoms with van der Waals surface area (Å²) in [5.41, 5.74) is 1.85. The molecule has 2 aromatic carbocycles. The third-order valence-corrected chi connectivity index (χ3v) is 8.72. The first-order valence-corrected chi connectivity index (χ1v) is 15.8. The second-order valence-electron chi connectivity index (χ2n) is 12.0. The second kappa shape index (κ2) is 13.7. The Hall–Kier alpha value is -4.38. The van der Waals surface area contributed by atoms with Crippen LogP contribution >= 0.6 is 0 Å². The third kappa shape index (κ3) is 7.47. The van der Waals surface area contributed by atoms with Crippen LogP contribution in [0.5, 0.6) is 17.2 Å². The number of methoxy groups -OCH3 is 1. The standard InChI is InChI=1S/C34H41N5O6/c1-3-31-35-14-16-37(31)15-13-33(41)38-19-27-30(20-38)44-22-24-5-4-6-26(17-24)45-28-11-7-23(18-29(28)43-2)8-12-34(42)39(25-9-10-25)21-32(40)36-27/h4-7,11,14,16-18,25,27,30H,3,8-10,12-13,15,19-22H2,1-2H3,(H,36,40)/t27-,30-/m0/s1. The number of carbonyl (C=O) groups is 3. The topological polar surface area (TPSA) is 115 Å². The highest BCUT2D eigenvalue weighted by Crippen LogP contribution is 2.34. The number of hydrogen-bond donors (Lipinski definition) is 1. The van der Waals surface area contributed by atoms with E-state index in [-0.39, 0.29) is 43.3 Å². The number of carbonyl (C=O) groups excluding carboxylic acids is 3. The van der Waals surface area contributed by atoms with Gasteiger partial charge in [0.1, 0.15) is 11.6 Å².